The van der Waals surface area contributed by atoms with Crippen molar-refractivity contribution in [2.45, 2.75) is 11.8 Å². The van der Waals surface area contributed by atoms with Gasteiger partial charge in [-0.15, -0.1) is 0 Å². The summed E-state index contributed by atoms with van der Waals surface area (Å²) < 4.78 is 37.0. The van der Waals surface area contributed by atoms with E-state index in [1.165, 1.54) is 6.07 Å². The lowest BCUT2D eigenvalue weighted by Crippen LogP contribution is -2.00. The SMILES string of the molecule is CCOc1ccc(S(=O)(=O)O)c2ccccc12. The van der Waals surface area contributed by atoms with Crippen LogP contribution in [0.25, 0.3) is 10.8 Å². The molecule has 0 aromatic heterocycles. The normalized spacial score (nSPS) is 11.6. The minimum absolute atomic E-state index is 0.100. The van der Waals surface area contributed by atoms with Crippen LogP contribution in [0.3, 0.4) is 0 Å². The number of benzene rings is 2. The van der Waals surface area contributed by atoms with Crippen molar-refractivity contribution >= 4 is 20.9 Å². The molecule has 1 N–H and O–H groups in total. The van der Waals surface area contributed by atoms with E-state index in [9.17, 15) is 8.42 Å². The fourth-order valence-corrected chi connectivity index (χ4v) is 2.45. The van der Waals surface area contributed by atoms with E-state index in [0.717, 1.165) is 0 Å². The second-order valence-corrected chi connectivity index (χ2v) is 4.91. The van der Waals surface area contributed by atoms with Gasteiger partial charge in [-0.1, -0.05) is 24.3 Å². The number of hydrogen-bond acceptors (Lipinski definition) is 3. The molecule has 0 heterocycles. The van der Waals surface area contributed by atoms with Crippen LogP contribution in [0.4, 0.5) is 0 Å². The van der Waals surface area contributed by atoms with Crippen molar-refractivity contribution in [3.8, 4) is 5.75 Å². The fraction of sp³-hybridized carbons (Fsp3) is 0.167. The summed E-state index contributed by atoms with van der Waals surface area (Å²) in [6.45, 7) is 2.35. The Morgan fingerprint density at radius 1 is 1.12 bits per heavy atom. The zero-order valence-electron chi connectivity index (χ0n) is 9.25. The van der Waals surface area contributed by atoms with Crippen molar-refractivity contribution in [2.24, 2.45) is 0 Å². The maximum atomic E-state index is 11.2. The van der Waals surface area contributed by atoms with Crippen LogP contribution in [0.15, 0.2) is 41.3 Å². The summed E-state index contributed by atoms with van der Waals surface area (Å²) in [5, 5.41) is 1.13. The van der Waals surface area contributed by atoms with Gasteiger partial charge in [-0.2, -0.15) is 8.42 Å². The molecule has 2 aromatic carbocycles. The third-order valence-electron chi connectivity index (χ3n) is 2.42. The van der Waals surface area contributed by atoms with Crippen LogP contribution in [-0.2, 0) is 10.1 Å². The Bertz CT molecular complexity index is 647. The smallest absolute Gasteiger partial charge is 0.295 e. The monoisotopic (exact) mass is 252 g/mol. The molecule has 0 aliphatic rings. The van der Waals surface area contributed by atoms with E-state index in [-0.39, 0.29) is 4.90 Å². The van der Waals surface area contributed by atoms with Gasteiger partial charge in [0.2, 0.25) is 0 Å². The summed E-state index contributed by atoms with van der Waals surface area (Å²) >= 11 is 0. The summed E-state index contributed by atoms with van der Waals surface area (Å²) in [4.78, 5) is -0.100. The average molecular weight is 252 g/mol. The maximum absolute atomic E-state index is 11.2. The van der Waals surface area contributed by atoms with Gasteiger partial charge in [0.05, 0.1) is 6.61 Å². The van der Waals surface area contributed by atoms with Crippen molar-refractivity contribution in [3.05, 3.63) is 36.4 Å². The molecule has 90 valence electrons. The van der Waals surface area contributed by atoms with Crippen molar-refractivity contribution < 1.29 is 17.7 Å². The van der Waals surface area contributed by atoms with Crippen molar-refractivity contribution in [1.82, 2.24) is 0 Å². The molecule has 0 amide bonds. The molecule has 0 radical (unpaired) electrons. The van der Waals surface area contributed by atoms with E-state index >= 15 is 0 Å². The van der Waals surface area contributed by atoms with E-state index in [0.29, 0.717) is 23.1 Å². The second-order valence-electron chi connectivity index (χ2n) is 3.52. The van der Waals surface area contributed by atoms with Crippen LogP contribution < -0.4 is 4.74 Å². The molecule has 17 heavy (non-hydrogen) atoms. The minimum atomic E-state index is -4.22. The van der Waals surface area contributed by atoms with Gasteiger partial charge >= 0.3 is 0 Å². The van der Waals surface area contributed by atoms with Gasteiger partial charge < -0.3 is 4.74 Å². The maximum Gasteiger partial charge on any atom is 0.295 e. The van der Waals surface area contributed by atoms with Crippen LogP contribution in [0, 0.1) is 0 Å². The molecule has 0 fully saturated rings. The highest BCUT2D eigenvalue weighted by atomic mass is 32.2. The first-order valence-electron chi connectivity index (χ1n) is 5.16. The molecule has 0 saturated heterocycles. The molecule has 2 rings (SSSR count). The lowest BCUT2D eigenvalue weighted by molar-refractivity contribution is 0.344. The summed E-state index contributed by atoms with van der Waals surface area (Å²) in [5.74, 6) is 0.607. The molecular formula is C12H12O4S. The lowest BCUT2D eigenvalue weighted by Gasteiger charge is -2.09. The van der Waals surface area contributed by atoms with Crippen molar-refractivity contribution in [2.75, 3.05) is 6.61 Å². The quantitative estimate of drug-likeness (QED) is 0.852. The summed E-state index contributed by atoms with van der Waals surface area (Å²) in [7, 11) is -4.22. The molecule has 4 nitrogen and oxygen atoms in total. The molecule has 2 aromatic rings. The molecule has 0 unspecified atom stereocenters. The van der Waals surface area contributed by atoms with Crippen LogP contribution in [-0.4, -0.2) is 19.6 Å². The Kier molecular flexibility index (Phi) is 3.04. The highest BCUT2D eigenvalue weighted by molar-refractivity contribution is 7.86. The van der Waals surface area contributed by atoms with Gasteiger partial charge in [0.15, 0.2) is 0 Å². The number of hydrogen-bond donors (Lipinski definition) is 1. The van der Waals surface area contributed by atoms with E-state index in [1.807, 2.05) is 6.92 Å². The molecule has 0 atom stereocenters. The van der Waals surface area contributed by atoms with Crippen LogP contribution in [0.1, 0.15) is 6.92 Å². The minimum Gasteiger partial charge on any atom is -0.493 e. The Morgan fingerprint density at radius 3 is 2.35 bits per heavy atom. The molecule has 0 aliphatic carbocycles. The third kappa shape index (κ3) is 2.25. The highest BCUT2D eigenvalue weighted by Crippen LogP contribution is 2.30. The first-order chi connectivity index (χ1) is 8.04. The van der Waals surface area contributed by atoms with Gasteiger partial charge in [-0.25, -0.2) is 0 Å². The summed E-state index contributed by atoms with van der Waals surface area (Å²) in [6, 6.07) is 9.80. The Balaban J connectivity index is 2.80. The van der Waals surface area contributed by atoms with Gasteiger partial charge in [0.25, 0.3) is 10.1 Å². The van der Waals surface area contributed by atoms with E-state index in [4.69, 9.17) is 9.29 Å². The van der Waals surface area contributed by atoms with Crippen molar-refractivity contribution in [3.63, 3.8) is 0 Å². The standard InChI is InChI=1S/C12H12O4S/c1-2-16-11-7-8-12(17(13,14)15)10-6-4-3-5-9(10)11/h3-8H,2H2,1H3,(H,13,14,15). The number of rotatable bonds is 3. The van der Waals surface area contributed by atoms with Crippen LogP contribution in [0.5, 0.6) is 5.75 Å². The van der Waals surface area contributed by atoms with E-state index in [1.54, 1.807) is 30.3 Å². The topological polar surface area (TPSA) is 63.6 Å². The molecule has 0 bridgehead atoms. The van der Waals surface area contributed by atoms with Gasteiger partial charge in [0, 0.05) is 10.8 Å². The highest BCUT2D eigenvalue weighted by Gasteiger charge is 2.15. The number of ether oxygens (including phenoxy) is 1. The predicted octanol–water partition coefficient (Wildman–Crippen LogP) is 2.49. The van der Waals surface area contributed by atoms with E-state index in [2.05, 4.69) is 0 Å². The zero-order valence-corrected chi connectivity index (χ0v) is 10.1. The largest absolute Gasteiger partial charge is 0.493 e. The average Bonchev–Trinajstić information content (AvgIpc) is 2.28. The molecule has 0 saturated carbocycles. The predicted molar refractivity (Wildman–Crippen MR) is 64.9 cm³/mol. The Labute approximate surface area is 99.6 Å². The fourth-order valence-electron chi connectivity index (χ4n) is 1.75. The first-order valence-corrected chi connectivity index (χ1v) is 6.60. The van der Waals surface area contributed by atoms with Gasteiger partial charge in [-0.05, 0) is 19.1 Å². The Hall–Kier alpha value is -1.59. The van der Waals surface area contributed by atoms with Crippen LogP contribution >= 0.6 is 0 Å². The summed E-state index contributed by atoms with van der Waals surface area (Å²) in [6.07, 6.45) is 0. The zero-order chi connectivity index (χ0) is 12.5. The molecule has 0 aliphatic heterocycles. The van der Waals surface area contributed by atoms with Crippen molar-refractivity contribution in [1.29, 1.82) is 0 Å². The van der Waals surface area contributed by atoms with Crippen LogP contribution in [0.2, 0.25) is 0 Å². The molecule has 0 spiro atoms. The summed E-state index contributed by atoms with van der Waals surface area (Å²) in [5.41, 5.74) is 0. The third-order valence-corrected chi connectivity index (χ3v) is 3.33. The van der Waals surface area contributed by atoms with E-state index < -0.39 is 10.1 Å². The lowest BCUT2D eigenvalue weighted by atomic mass is 10.1. The Morgan fingerprint density at radius 2 is 1.76 bits per heavy atom. The molecular weight excluding hydrogens is 240 g/mol. The second kappa shape index (κ2) is 4.35. The van der Waals surface area contributed by atoms with Gasteiger partial charge in [-0.3, -0.25) is 4.55 Å². The molecule has 5 heteroatoms. The van der Waals surface area contributed by atoms with Gasteiger partial charge in [0.1, 0.15) is 10.6 Å². The first kappa shape index (κ1) is 11.9. The number of fused-ring (bicyclic) bond motifs is 1.